The Hall–Kier alpha value is -6.71. The molecule has 0 radical (unpaired) electrons. The summed E-state index contributed by atoms with van der Waals surface area (Å²) < 4.78 is 0. The van der Waals surface area contributed by atoms with E-state index < -0.39 is 0 Å². The molecule has 0 fully saturated rings. The minimum absolute atomic E-state index is 0.697. The van der Waals surface area contributed by atoms with Crippen LogP contribution in [0.4, 0.5) is 0 Å². The molecule has 0 N–H and O–H groups in total. The van der Waals surface area contributed by atoms with Gasteiger partial charge in [0.1, 0.15) is 0 Å². The number of hydrogen-bond acceptors (Lipinski definition) is 3. The molecule has 10 aromatic rings. The van der Waals surface area contributed by atoms with Gasteiger partial charge in [-0.25, -0.2) is 15.0 Å². The molecular weight excluding hydrogens is 607 g/mol. The number of hydrogen-bond donors (Lipinski definition) is 0. The van der Waals surface area contributed by atoms with Crippen LogP contribution < -0.4 is 0 Å². The van der Waals surface area contributed by atoms with Crippen LogP contribution in [0.25, 0.3) is 99.2 Å². The third-order valence-corrected chi connectivity index (χ3v) is 9.80. The summed E-state index contributed by atoms with van der Waals surface area (Å²) in [5.74, 6) is 0.697. The summed E-state index contributed by atoms with van der Waals surface area (Å²) >= 11 is 0. The van der Waals surface area contributed by atoms with Gasteiger partial charge in [-0.05, 0) is 62.6 Å². The van der Waals surface area contributed by atoms with E-state index >= 15 is 0 Å². The van der Waals surface area contributed by atoms with Crippen molar-refractivity contribution in [3.63, 3.8) is 0 Å². The Labute approximate surface area is 289 Å². The van der Waals surface area contributed by atoms with Crippen LogP contribution in [0.5, 0.6) is 0 Å². The normalized spacial score (nSPS) is 11.6. The van der Waals surface area contributed by atoms with E-state index in [4.69, 9.17) is 15.0 Å². The fraction of sp³-hybridized carbons (Fsp3) is 0. The van der Waals surface area contributed by atoms with E-state index in [0.29, 0.717) is 5.82 Å². The van der Waals surface area contributed by atoms with E-state index in [1.165, 1.54) is 32.3 Å². The van der Waals surface area contributed by atoms with Crippen LogP contribution in [-0.2, 0) is 0 Å². The molecule has 0 saturated heterocycles. The topological polar surface area (TPSA) is 38.7 Å². The Morgan fingerprint density at radius 3 is 1.62 bits per heavy atom. The zero-order valence-corrected chi connectivity index (χ0v) is 27.1. The second-order valence-corrected chi connectivity index (χ2v) is 12.9. The van der Waals surface area contributed by atoms with Gasteiger partial charge in [0, 0.05) is 38.4 Å². The number of rotatable bonds is 4. The molecule has 0 aliphatic rings. The van der Waals surface area contributed by atoms with Crippen LogP contribution in [0.2, 0.25) is 0 Å². The number of aromatic nitrogens is 3. The Morgan fingerprint density at radius 2 is 0.860 bits per heavy atom. The van der Waals surface area contributed by atoms with E-state index in [1.54, 1.807) is 0 Å². The maximum atomic E-state index is 5.27. The maximum Gasteiger partial charge on any atom is 0.160 e. The van der Waals surface area contributed by atoms with Gasteiger partial charge >= 0.3 is 0 Å². The predicted molar refractivity (Wildman–Crippen MR) is 209 cm³/mol. The highest BCUT2D eigenvalue weighted by Gasteiger charge is 2.16. The molecular formula is C47H29N3. The lowest BCUT2D eigenvalue weighted by Gasteiger charge is -2.14. The third kappa shape index (κ3) is 4.79. The molecule has 8 aromatic carbocycles. The van der Waals surface area contributed by atoms with E-state index in [1.807, 2.05) is 0 Å². The molecule has 0 saturated carbocycles. The fourth-order valence-electron chi connectivity index (χ4n) is 7.32. The van der Waals surface area contributed by atoms with Crippen molar-refractivity contribution in [1.82, 2.24) is 15.0 Å². The molecule has 0 spiro atoms. The number of nitrogens with zero attached hydrogens (tertiary/aromatic N) is 3. The SMILES string of the molecule is c1cc(-c2cc(-c3ccc4ccccc4c3)nc(-c3ccc4ccccc4c3)n2)cc(-c2nc3ccccc3c3c2ccc2ccccc23)c1. The molecule has 232 valence electrons. The first kappa shape index (κ1) is 28.3. The summed E-state index contributed by atoms with van der Waals surface area (Å²) in [7, 11) is 0. The van der Waals surface area contributed by atoms with Crippen molar-refractivity contribution in [2.45, 2.75) is 0 Å². The van der Waals surface area contributed by atoms with Gasteiger partial charge in [0.2, 0.25) is 0 Å². The molecule has 0 atom stereocenters. The van der Waals surface area contributed by atoms with Crippen molar-refractivity contribution in [3.8, 4) is 45.2 Å². The highest BCUT2D eigenvalue weighted by atomic mass is 14.9. The highest BCUT2D eigenvalue weighted by molar-refractivity contribution is 6.22. The van der Waals surface area contributed by atoms with Crippen molar-refractivity contribution in [1.29, 1.82) is 0 Å². The summed E-state index contributed by atoms with van der Waals surface area (Å²) in [5, 5.41) is 10.7. The van der Waals surface area contributed by atoms with Crippen molar-refractivity contribution >= 4 is 54.0 Å². The molecule has 0 amide bonds. The Bertz CT molecular complexity index is 2830. The smallest absolute Gasteiger partial charge is 0.160 e. The summed E-state index contributed by atoms with van der Waals surface area (Å²) in [6.07, 6.45) is 0. The van der Waals surface area contributed by atoms with Crippen LogP contribution in [0.15, 0.2) is 176 Å². The second kappa shape index (κ2) is 11.5. The molecule has 50 heavy (non-hydrogen) atoms. The Balaban J connectivity index is 1.18. The standard InChI is InChI=1S/C47H29N3/c1-3-13-33-26-36(22-20-30(33)10-1)44-29-43(49-47(50-44)38-23-21-31-11-2-4-14-34(31)27-38)35-15-9-16-37(28-35)46-41-25-24-32-12-5-6-17-39(32)45(41)40-18-7-8-19-42(40)48-46/h1-29H. The van der Waals surface area contributed by atoms with Gasteiger partial charge < -0.3 is 0 Å². The van der Waals surface area contributed by atoms with Crippen molar-refractivity contribution < 1.29 is 0 Å². The highest BCUT2D eigenvalue weighted by Crippen LogP contribution is 2.38. The predicted octanol–water partition coefficient (Wildman–Crippen LogP) is 12.3. The summed E-state index contributed by atoms with van der Waals surface area (Å²) in [6.45, 7) is 0. The van der Waals surface area contributed by atoms with Gasteiger partial charge in [0.15, 0.2) is 5.82 Å². The molecule has 3 nitrogen and oxygen atoms in total. The van der Waals surface area contributed by atoms with Gasteiger partial charge in [0.05, 0.1) is 22.6 Å². The van der Waals surface area contributed by atoms with Crippen LogP contribution in [0.1, 0.15) is 0 Å². The first-order chi connectivity index (χ1) is 24.7. The molecule has 0 aliphatic carbocycles. The molecule has 0 unspecified atom stereocenters. The summed E-state index contributed by atoms with van der Waals surface area (Å²) in [4.78, 5) is 15.7. The van der Waals surface area contributed by atoms with E-state index in [9.17, 15) is 0 Å². The molecule has 2 heterocycles. The molecule has 3 heteroatoms. The first-order valence-corrected chi connectivity index (χ1v) is 16.9. The number of para-hydroxylation sites is 1. The third-order valence-electron chi connectivity index (χ3n) is 9.80. The molecule has 10 rings (SSSR count). The lowest BCUT2D eigenvalue weighted by molar-refractivity contribution is 1.18. The Kier molecular flexibility index (Phi) is 6.49. The minimum atomic E-state index is 0.697. The van der Waals surface area contributed by atoms with Crippen molar-refractivity contribution in [2.75, 3.05) is 0 Å². The zero-order valence-electron chi connectivity index (χ0n) is 27.1. The first-order valence-electron chi connectivity index (χ1n) is 16.9. The summed E-state index contributed by atoms with van der Waals surface area (Å²) in [5.41, 5.74) is 7.79. The van der Waals surface area contributed by atoms with E-state index in [0.717, 1.165) is 61.0 Å². The van der Waals surface area contributed by atoms with Crippen LogP contribution in [-0.4, -0.2) is 15.0 Å². The minimum Gasteiger partial charge on any atom is -0.247 e. The van der Waals surface area contributed by atoms with E-state index in [2.05, 4.69) is 176 Å². The fourth-order valence-corrected chi connectivity index (χ4v) is 7.32. The van der Waals surface area contributed by atoms with Gasteiger partial charge in [-0.15, -0.1) is 0 Å². The second-order valence-electron chi connectivity index (χ2n) is 12.9. The average Bonchev–Trinajstić information content (AvgIpc) is 3.19. The average molecular weight is 636 g/mol. The van der Waals surface area contributed by atoms with Crippen molar-refractivity contribution in [2.24, 2.45) is 0 Å². The Morgan fingerprint density at radius 1 is 0.300 bits per heavy atom. The van der Waals surface area contributed by atoms with Gasteiger partial charge in [-0.3, -0.25) is 0 Å². The van der Waals surface area contributed by atoms with Crippen LogP contribution in [0, 0.1) is 0 Å². The number of pyridine rings is 1. The number of fused-ring (bicyclic) bond motifs is 7. The quantitative estimate of drug-likeness (QED) is 0.181. The largest absolute Gasteiger partial charge is 0.247 e. The van der Waals surface area contributed by atoms with Gasteiger partial charge in [-0.1, -0.05) is 146 Å². The maximum absolute atomic E-state index is 5.27. The van der Waals surface area contributed by atoms with Gasteiger partial charge in [0.25, 0.3) is 0 Å². The number of benzene rings is 8. The molecule has 2 aromatic heterocycles. The van der Waals surface area contributed by atoms with Crippen LogP contribution >= 0.6 is 0 Å². The van der Waals surface area contributed by atoms with Crippen LogP contribution in [0.3, 0.4) is 0 Å². The lowest BCUT2D eigenvalue weighted by Crippen LogP contribution is -1.97. The zero-order chi connectivity index (χ0) is 33.0. The molecule has 0 bridgehead atoms. The molecule has 0 aliphatic heterocycles. The van der Waals surface area contributed by atoms with Crippen molar-refractivity contribution in [3.05, 3.63) is 176 Å². The van der Waals surface area contributed by atoms with Gasteiger partial charge in [-0.2, -0.15) is 0 Å². The lowest BCUT2D eigenvalue weighted by atomic mass is 9.94. The monoisotopic (exact) mass is 635 g/mol. The summed E-state index contributed by atoms with van der Waals surface area (Å²) in [6, 6.07) is 62.1. The van der Waals surface area contributed by atoms with E-state index in [-0.39, 0.29) is 0 Å².